The SMILES string of the molecule is N#Cc1cc(F)cc(N2CCC(c3ccccc3)C2)c1. The predicted molar refractivity (Wildman–Crippen MR) is 77.1 cm³/mol. The smallest absolute Gasteiger partial charge is 0.126 e. The molecule has 0 N–H and O–H groups in total. The van der Waals surface area contributed by atoms with E-state index in [2.05, 4.69) is 17.0 Å². The summed E-state index contributed by atoms with van der Waals surface area (Å²) in [6, 6.07) is 16.9. The standard InChI is InChI=1S/C17H15FN2/c18-16-8-13(11-19)9-17(10-16)20-7-6-15(12-20)14-4-2-1-3-5-14/h1-5,8-10,15H,6-7,12H2. The Hall–Kier alpha value is -2.34. The van der Waals surface area contributed by atoms with Gasteiger partial charge in [0.25, 0.3) is 0 Å². The fraction of sp³-hybridized carbons (Fsp3) is 0.235. The summed E-state index contributed by atoms with van der Waals surface area (Å²) in [6.45, 7) is 1.77. The lowest BCUT2D eigenvalue weighted by Gasteiger charge is -2.19. The lowest BCUT2D eigenvalue weighted by Crippen LogP contribution is -2.19. The Morgan fingerprint density at radius 1 is 1.15 bits per heavy atom. The van der Waals surface area contributed by atoms with Crippen LogP contribution in [-0.4, -0.2) is 13.1 Å². The van der Waals surface area contributed by atoms with Crippen molar-refractivity contribution in [2.75, 3.05) is 18.0 Å². The molecule has 1 aliphatic rings. The lowest BCUT2D eigenvalue weighted by molar-refractivity contribution is 0.626. The van der Waals surface area contributed by atoms with Gasteiger partial charge in [-0.05, 0) is 30.2 Å². The molecule has 2 nitrogen and oxygen atoms in total. The maximum Gasteiger partial charge on any atom is 0.126 e. The van der Waals surface area contributed by atoms with E-state index in [0.29, 0.717) is 11.5 Å². The summed E-state index contributed by atoms with van der Waals surface area (Å²) < 4.78 is 13.5. The number of rotatable bonds is 2. The van der Waals surface area contributed by atoms with Gasteiger partial charge in [0, 0.05) is 24.7 Å². The molecular weight excluding hydrogens is 251 g/mol. The average molecular weight is 266 g/mol. The van der Waals surface area contributed by atoms with Crippen LogP contribution >= 0.6 is 0 Å². The van der Waals surface area contributed by atoms with Crippen molar-refractivity contribution in [2.45, 2.75) is 12.3 Å². The van der Waals surface area contributed by atoms with Crippen LogP contribution < -0.4 is 4.90 Å². The molecule has 1 saturated heterocycles. The molecule has 0 aromatic heterocycles. The van der Waals surface area contributed by atoms with E-state index in [1.54, 1.807) is 6.07 Å². The molecule has 20 heavy (non-hydrogen) atoms. The van der Waals surface area contributed by atoms with Gasteiger partial charge in [-0.25, -0.2) is 4.39 Å². The highest BCUT2D eigenvalue weighted by atomic mass is 19.1. The van der Waals surface area contributed by atoms with Crippen LogP contribution in [0, 0.1) is 17.1 Å². The van der Waals surface area contributed by atoms with Crippen molar-refractivity contribution in [1.29, 1.82) is 5.26 Å². The van der Waals surface area contributed by atoms with Crippen LogP contribution in [0.3, 0.4) is 0 Å². The molecule has 0 radical (unpaired) electrons. The van der Waals surface area contributed by atoms with Gasteiger partial charge < -0.3 is 4.90 Å². The highest BCUT2D eigenvalue weighted by Crippen LogP contribution is 2.31. The highest BCUT2D eigenvalue weighted by Gasteiger charge is 2.24. The van der Waals surface area contributed by atoms with Crippen LogP contribution in [0.2, 0.25) is 0 Å². The average Bonchev–Trinajstić information content (AvgIpc) is 2.97. The highest BCUT2D eigenvalue weighted by molar-refractivity contribution is 5.53. The molecule has 2 aromatic carbocycles. The maximum atomic E-state index is 13.5. The van der Waals surface area contributed by atoms with Gasteiger partial charge in [-0.15, -0.1) is 0 Å². The molecule has 0 amide bonds. The van der Waals surface area contributed by atoms with E-state index in [4.69, 9.17) is 5.26 Å². The first-order valence-electron chi connectivity index (χ1n) is 6.77. The summed E-state index contributed by atoms with van der Waals surface area (Å²) in [6.07, 6.45) is 1.06. The van der Waals surface area contributed by atoms with Gasteiger partial charge in [-0.3, -0.25) is 0 Å². The fourth-order valence-corrected chi connectivity index (χ4v) is 2.81. The summed E-state index contributed by atoms with van der Waals surface area (Å²) in [7, 11) is 0. The third-order valence-electron chi connectivity index (χ3n) is 3.84. The van der Waals surface area contributed by atoms with Gasteiger partial charge in [0.2, 0.25) is 0 Å². The summed E-state index contributed by atoms with van der Waals surface area (Å²) in [5, 5.41) is 8.92. The van der Waals surface area contributed by atoms with E-state index < -0.39 is 0 Å². The second-order valence-corrected chi connectivity index (χ2v) is 5.15. The Kier molecular flexibility index (Phi) is 3.39. The largest absolute Gasteiger partial charge is 0.371 e. The van der Waals surface area contributed by atoms with Gasteiger partial charge in [0.1, 0.15) is 5.82 Å². The van der Waals surface area contributed by atoms with Crippen LogP contribution in [0.25, 0.3) is 0 Å². The molecule has 1 heterocycles. The Morgan fingerprint density at radius 2 is 1.95 bits per heavy atom. The zero-order valence-electron chi connectivity index (χ0n) is 11.1. The fourth-order valence-electron chi connectivity index (χ4n) is 2.81. The first-order valence-corrected chi connectivity index (χ1v) is 6.77. The van der Waals surface area contributed by atoms with E-state index in [0.717, 1.165) is 25.2 Å². The van der Waals surface area contributed by atoms with Crippen LogP contribution in [0.1, 0.15) is 23.5 Å². The number of nitrogens with zero attached hydrogens (tertiary/aromatic N) is 2. The van der Waals surface area contributed by atoms with Crippen molar-refractivity contribution in [3.05, 3.63) is 65.5 Å². The molecule has 1 atom stereocenters. The van der Waals surface area contributed by atoms with Gasteiger partial charge in [0.05, 0.1) is 11.6 Å². The summed E-state index contributed by atoms with van der Waals surface area (Å²) in [5.74, 6) is 0.132. The molecule has 3 heteroatoms. The minimum Gasteiger partial charge on any atom is -0.371 e. The molecule has 0 aliphatic carbocycles. The zero-order valence-corrected chi connectivity index (χ0v) is 11.1. The molecular formula is C17H15FN2. The third kappa shape index (κ3) is 2.50. The molecule has 1 unspecified atom stereocenters. The second kappa shape index (κ2) is 5.34. The van der Waals surface area contributed by atoms with Crippen LogP contribution in [0.4, 0.5) is 10.1 Å². The number of nitriles is 1. The molecule has 0 saturated carbocycles. The van der Waals surface area contributed by atoms with Crippen LogP contribution in [0.15, 0.2) is 48.5 Å². The summed E-state index contributed by atoms with van der Waals surface area (Å²) >= 11 is 0. The van der Waals surface area contributed by atoms with E-state index >= 15 is 0 Å². The zero-order chi connectivity index (χ0) is 13.9. The molecule has 0 spiro atoms. The number of benzene rings is 2. The first-order chi connectivity index (χ1) is 9.76. The van der Waals surface area contributed by atoms with Crippen molar-refractivity contribution in [1.82, 2.24) is 0 Å². The van der Waals surface area contributed by atoms with Gasteiger partial charge in [0.15, 0.2) is 0 Å². The number of halogens is 1. The van der Waals surface area contributed by atoms with Gasteiger partial charge >= 0.3 is 0 Å². The first kappa shape index (κ1) is 12.7. The number of anilines is 1. The summed E-state index contributed by atoms with van der Waals surface area (Å²) in [4.78, 5) is 2.15. The molecule has 1 fully saturated rings. The minimum absolute atomic E-state index is 0.345. The normalized spacial score (nSPS) is 18.0. The minimum atomic E-state index is -0.345. The van der Waals surface area contributed by atoms with E-state index in [1.165, 1.54) is 17.7 Å². The number of hydrogen-bond donors (Lipinski definition) is 0. The molecule has 100 valence electrons. The topological polar surface area (TPSA) is 27.0 Å². The van der Waals surface area contributed by atoms with Crippen LogP contribution in [0.5, 0.6) is 0 Å². The molecule has 3 rings (SSSR count). The summed E-state index contributed by atoms with van der Waals surface area (Å²) in [5.41, 5.74) is 2.51. The maximum absolute atomic E-state index is 13.5. The quantitative estimate of drug-likeness (QED) is 0.829. The Bertz CT molecular complexity index is 646. The van der Waals surface area contributed by atoms with Gasteiger partial charge in [-0.1, -0.05) is 30.3 Å². The third-order valence-corrected chi connectivity index (χ3v) is 3.84. The Morgan fingerprint density at radius 3 is 2.70 bits per heavy atom. The van der Waals surface area contributed by atoms with E-state index in [1.807, 2.05) is 24.3 Å². The Balaban J connectivity index is 1.81. The molecule has 0 bridgehead atoms. The van der Waals surface area contributed by atoms with E-state index in [-0.39, 0.29) is 5.82 Å². The van der Waals surface area contributed by atoms with E-state index in [9.17, 15) is 4.39 Å². The van der Waals surface area contributed by atoms with Crippen molar-refractivity contribution in [2.24, 2.45) is 0 Å². The van der Waals surface area contributed by atoms with Crippen molar-refractivity contribution in [3.63, 3.8) is 0 Å². The number of hydrogen-bond acceptors (Lipinski definition) is 2. The van der Waals surface area contributed by atoms with Crippen molar-refractivity contribution < 1.29 is 4.39 Å². The predicted octanol–water partition coefficient (Wildman–Crippen LogP) is 3.69. The Labute approximate surface area is 118 Å². The van der Waals surface area contributed by atoms with Gasteiger partial charge in [-0.2, -0.15) is 5.26 Å². The second-order valence-electron chi connectivity index (χ2n) is 5.15. The molecule has 2 aromatic rings. The van der Waals surface area contributed by atoms with Crippen LogP contribution in [-0.2, 0) is 0 Å². The monoisotopic (exact) mass is 266 g/mol. The van der Waals surface area contributed by atoms with Crippen molar-refractivity contribution >= 4 is 5.69 Å². The van der Waals surface area contributed by atoms with Crippen molar-refractivity contribution in [3.8, 4) is 6.07 Å². The lowest BCUT2D eigenvalue weighted by atomic mass is 9.99. The molecule has 1 aliphatic heterocycles.